The van der Waals surface area contributed by atoms with Crippen LogP contribution in [0.25, 0.3) is 0 Å². The van der Waals surface area contributed by atoms with Gasteiger partial charge in [0.05, 0.1) is 0 Å². The van der Waals surface area contributed by atoms with Gasteiger partial charge >= 0.3 is 6.03 Å². The maximum atomic E-state index is 13.2. The predicted octanol–water partition coefficient (Wildman–Crippen LogP) is 5.46. The van der Waals surface area contributed by atoms with Gasteiger partial charge in [-0.1, -0.05) is 49.8 Å². The highest BCUT2D eigenvalue weighted by Crippen LogP contribution is 2.59. The summed E-state index contributed by atoms with van der Waals surface area (Å²) in [5.41, 5.74) is 4.76. The molecule has 1 heterocycles. The van der Waals surface area contributed by atoms with Crippen molar-refractivity contribution in [3.63, 3.8) is 0 Å². The monoisotopic (exact) mass is 389 g/mol. The fourth-order valence-electron chi connectivity index (χ4n) is 4.83. The van der Waals surface area contributed by atoms with Crippen molar-refractivity contribution in [3.05, 3.63) is 71.6 Å². The maximum Gasteiger partial charge on any atom is 0.322 e. The molecule has 5 rings (SSSR count). The number of carbonyl (C=O) groups is 1. The van der Waals surface area contributed by atoms with Crippen LogP contribution in [0.1, 0.15) is 37.9 Å². The van der Waals surface area contributed by atoms with Gasteiger partial charge < -0.3 is 10.2 Å². The molecule has 2 atom stereocenters. The summed E-state index contributed by atoms with van der Waals surface area (Å²) in [5.74, 6) is 1.41. The van der Waals surface area contributed by atoms with Crippen LogP contribution in [0.5, 0.6) is 0 Å². The molecule has 0 radical (unpaired) electrons. The number of carbonyl (C=O) groups excluding carboxylic acids is 1. The molecule has 3 aliphatic rings. The van der Waals surface area contributed by atoms with Crippen LogP contribution in [0.3, 0.4) is 0 Å². The van der Waals surface area contributed by atoms with Crippen molar-refractivity contribution in [2.45, 2.75) is 40.0 Å². The predicted molar refractivity (Wildman–Crippen MR) is 118 cm³/mol. The minimum absolute atomic E-state index is 0.0321. The zero-order valence-corrected chi connectivity index (χ0v) is 17.7. The molecule has 152 valence electrons. The SMILES string of the molecule is Cc1ccccc1NC(=O)N(CCc1ccccn1)CC1=CCC2CC1C2(C)C. The minimum Gasteiger partial charge on any atom is -0.320 e. The molecule has 2 unspecified atom stereocenters. The molecule has 2 amide bonds. The van der Waals surface area contributed by atoms with Gasteiger partial charge in [-0.15, -0.1) is 0 Å². The first-order valence-electron chi connectivity index (χ1n) is 10.7. The number of nitrogens with one attached hydrogen (secondary N) is 1. The number of hydrogen-bond donors (Lipinski definition) is 1. The maximum absolute atomic E-state index is 13.2. The summed E-state index contributed by atoms with van der Waals surface area (Å²) in [4.78, 5) is 19.6. The lowest BCUT2D eigenvalue weighted by Gasteiger charge is -2.57. The fraction of sp³-hybridized carbons (Fsp3) is 0.440. The molecule has 1 fully saturated rings. The normalized spacial score (nSPS) is 21.7. The third kappa shape index (κ3) is 4.07. The van der Waals surface area contributed by atoms with E-state index in [1.807, 2.05) is 60.5 Å². The Morgan fingerprint density at radius 1 is 1.21 bits per heavy atom. The van der Waals surface area contributed by atoms with Crippen LogP contribution >= 0.6 is 0 Å². The van der Waals surface area contributed by atoms with Crippen LogP contribution in [-0.2, 0) is 6.42 Å². The number of nitrogens with zero attached hydrogens (tertiary/aromatic N) is 2. The van der Waals surface area contributed by atoms with E-state index in [1.165, 1.54) is 12.0 Å². The Bertz CT molecular complexity index is 903. The molecule has 1 saturated carbocycles. The summed E-state index contributed by atoms with van der Waals surface area (Å²) in [5, 5.41) is 3.12. The average molecular weight is 390 g/mol. The van der Waals surface area contributed by atoms with Gasteiger partial charge in [-0.3, -0.25) is 4.98 Å². The van der Waals surface area contributed by atoms with E-state index in [-0.39, 0.29) is 6.03 Å². The largest absolute Gasteiger partial charge is 0.322 e. The summed E-state index contributed by atoms with van der Waals surface area (Å²) in [6.45, 7) is 8.14. The number of pyridine rings is 1. The topological polar surface area (TPSA) is 45.2 Å². The molecule has 3 aliphatic carbocycles. The number of benzene rings is 1. The van der Waals surface area contributed by atoms with E-state index in [1.54, 1.807) is 0 Å². The molecule has 0 aliphatic heterocycles. The smallest absolute Gasteiger partial charge is 0.320 e. The number of rotatable bonds is 6. The molecule has 4 nitrogen and oxygen atoms in total. The molecule has 2 bridgehead atoms. The van der Waals surface area contributed by atoms with Gasteiger partial charge in [0, 0.05) is 37.1 Å². The van der Waals surface area contributed by atoms with E-state index < -0.39 is 0 Å². The van der Waals surface area contributed by atoms with Crippen molar-refractivity contribution in [3.8, 4) is 0 Å². The van der Waals surface area contributed by atoms with Crippen LogP contribution in [0, 0.1) is 24.2 Å². The lowest BCUT2D eigenvalue weighted by molar-refractivity contribution is -0.00949. The first-order valence-corrected chi connectivity index (χ1v) is 10.7. The summed E-state index contributed by atoms with van der Waals surface area (Å²) < 4.78 is 0. The van der Waals surface area contributed by atoms with Crippen LogP contribution in [-0.4, -0.2) is 29.0 Å². The third-order valence-corrected chi connectivity index (χ3v) is 6.99. The summed E-state index contributed by atoms with van der Waals surface area (Å²) in [6, 6.07) is 13.9. The molecule has 2 aromatic rings. The Hall–Kier alpha value is -2.62. The number of anilines is 1. The van der Waals surface area contributed by atoms with Gasteiger partial charge in [0.1, 0.15) is 0 Å². The second kappa shape index (κ2) is 8.02. The lowest BCUT2D eigenvalue weighted by Crippen LogP contribution is -2.50. The standard InChI is InChI=1S/C25H31N3O/c1-18-8-4-5-10-23(18)27-24(29)28(15-13-21-9-6-7-14-26-21)17-19-11-12-20-16-22(19)25(20,2)3/h4-11,14,20,22H,12-13,15-17H2,1-3H3,(H,27,29). The highest BCUT2D eigenvalue weighted by Gasteiger charge is 2.51. The van der Waals surface area contributed by atoms with Crippen molar-refractivity contribution < 1.29 is 4.79 Å². The van der Waals surface area contributed by atoms with Gasteiger partial charge in [-0.05, 0) is 60.8 Å². The van der Waals surface area contributed by atoms with E-state index in [0.29, 0.717) is 24.4 Å². The third-order valence-electron chi connectivity index (χ3n) is 6.99. The number of hydrogen-bond acceptors (Lipinski definition) is 2. The van der Waals surface area contributed by atoms with Gasteiger partial charge in [-0.25, -0.2) is 4.79 Å². The Labute approximate surface area is 174 Å². The van der Waals surface area contributed by atoms with Crippen LogP contribution < -0.4 is 5.32 Å². The van der Waals surface area contributed by atoms with Crippen LogP contribution in [0.4, 0.5) is 10.5 Å². The van der Waals surface area contributed by atoms with Gasteiger partial charge in [0.2, 0.25) is 0 Å². The van der Waals surface area contributed by atoms with Gasteiger partial charge in [-0.2, -0.15) is 0 Å². The number of para-hydroxylation sites is 1. The molecule has 0 spiro atoms. The number of urea groups is 1. The van der Waals surface area contributed by atoms with Crippen molar-refractivity contribution >= 4 is 11.7 Å². The van der Waals surface area contributed by atoms with Crippen molar-refractivity contribution in [1.29, 1.82) is 0 Å². The Kier molecular flexibility index (Phi) is 5.44. The van der Waals surface area contributed by atoms with E-state index in [4.69, 9.17) is 0 Å². The van der Waals surface area contributed by atoms with Crippen molar-refractivity contribution in [2.24, 2.45) is 17.3 Å². The number of aryl methyl sites for hydroxylation is 1. The first-order chi connectivity index (χ1) is 13.9. The molecule has 29 heavy (non-hydrogen) atoms. The summed E-state index contributed by atoms with van der Waals surface area (Å²) >= 11 is 0. The Morgan fingerprint density at radius 2 is 2.00 bits per heavy atom. The molecule has 4 heteroatoms. The molecule has 0 saturated heterocycles. The summed E-state index contributed by atoms with van der Waals surface area (Å²) in [6.07, 6.45) is 7.37. The number of fused-ring (bicyclic) bond motifs is 1. The van der Waals surface area contributed by atoms with Crippen LogP contribution in [0.15, 0.2) is 60.3 Å². The fourth-order valence-corrected chi connectivity index (χ4v) is 4.83. The Balaban J connectivity index is 1.50. The van der Waals surface area contributed by atoms with Crippen molar-refractivity contribution in [2.75, 3.05) is 18.4 Å². The number of allylic oxidation sites excluding steroid dienone is 1. The minimum atomic E-state index is -0.0321. The highest BCUT2D eigenvalue weighted by atomic mass is 16.2. The van der Waals surface area contributed by atoms with E-state index in [2.05, 4.69) is 30.2 Å². The van der Waals surface area contributed by atoms with E-state index in [9.17, 15) is 4.79 Å². The van der Waals surface area contributed by atoms with E-state index >= 15 is 0 Å². The molecular formula is C25H31N3O. The van der Waals surface area contributed by atoms with Crippen molar-refractivity contribution in [1.82, 2.24) is 9.88 Å². The first kappa shape index (κ1) is 19.7. The second-order valence-electron chi connectivity index (χ2n) is 9.06. The zero-order chi connectivity index (χ0) is 20.4. The molecule has 1 aromatic carbocycles. The lowest BCUT2D eigenvalue weighted by atomic mass is 9.49. The highest BCUT2D eigenvalue weighted by molar-refractivity contribution is 5.90. The quantitative estimate of drug-likeness (QED) is 0.667. The second-order valence-corrected chi connectivity index (χ2v) is 9.06. The van der Waals surface area contributed by atoms with Gasteiger partial charge in [0.15, 0.2) is 0 Å². The summed E-state index contributed by atoms with van der Waals surface area (Å²) in [7, 11) is 0. The number of aromatic nitrogens is 1. The molecular weight excluding hydrogens is 358 g/mol. The Morgan fingerprint density at radius 3 is 2.69 bits per heavy atom. The average Bonchev–Trinajstić information content (AvgIpc) is 2.73. The molecule has 1 aromatic heterocycles. The van der Waals surface area contributed by atoms with E-state index in [0.717, 1.165) is 35.7 Å². The number of amides is 2. The zero-order valence-electron chi connectivity index (χ0n) is 17.7. The van der Waals surface area contributed by atoms with Crippen LogP contribution in [0.2, 0.25) is 0 Å². The van der Waals surface area contributed by atoms with Gasteiger partial charge in [0.25, 0.3) is 0 Å². The molecule has 1 N–H and O–H groups in total.